The minimum atomic E-state index is 0.301. The summed E-state index contributed by atoms with van der Waals surface area (Å²) in [6.45, 7) is 2.23. The lowest BCUT2D eigenvalue weighted by Crippen LogP contribution is -1.99. The van der Waals surface area contributed by atoms with Gasteiger partial charge in [0.1, 0.15) is 5.75 Å². The number of ether oxygens (including phenoxy) is 1. The summed E-state index contributed by atoms with van der Waals surface area (Å²) in [5.41, 5.74) is 7.30. The second-order valence-corrected chi connectivity index (χ2v) is 4.39. The topological polar surface area (TPSA) is 66.0 Å². The molecule has 1 aromatic carbocycles. The molecule has 5 nitrogen and oxygen atoms in total. The molecule has 0 unspecified atom stereocenters. The van der Waals surface area contributed by atoms with Gasteiger partial charge in [-0.05, 0) is 24.6 Å². The molecule has 0 fully saturated rings. The fourth-order valence-electron chi connectivity index (χ4n) is 1.76. The Kier molecular flexibility index (Phi) is 3.54. The summed E-state index contributed by atoms with van der Waals surface area (Å²) < 4.78 is 7.03. The van der Waals surface area contributed by atoms with Gasteiger partial charge in [0.05, 0.1) is 19.2 Å². The molecule has 0 spiro atoms. The molecule has 1 heterocycles. The van der Waals surface area contributed by atoms with Crippen molar-refractivity contribution < 1.29 is 4.74 Å². The van der Waals surface area contributed by atoms with Crippen LogP contribution in [0.3, 0.4) is 0 Å². The Bertz CT molecular complexity index is 580. The van der Waals surface area contributed by atoms with Crippen molar-refractivity contribution in [3.05, 3.63) is 28.5 Å². The SMILES string of the molecule is COc1cc(C)c(Cl)cc1-c1nc(CN)nn1C. The van der Waals surface area contributed by atoms with Crippen LogP contribution < -0.4 is 10.5 Å². The second kappa shape index (κ2) is 4.96. The molecule has 0 bridgehead atoms. The molecule has 96 valence electrons. The van der Waals surface area contributed by atoms with Gasteiger partial charge in [0.2, 0.25) is 0 Å². The molecule has 0 saturated carbocycles. The number of hydrogen-bond donors (Lipinski definition) is 1. The highest BCUT2D eigenvalue weighted by Crippen LogP contribution is 2.33. The first-order valence-electron chi connectivity index (χ1n) is 5.51. The number of methoxy groups -OCH3 is 1. The fraction of sp³-hybridized carbons (Fsp3) is 0.333. The molecule has 0 saturated heterocycles. The molecule has 2 aromatic rings. The third-order valence-corrected chi connectivity index (χ3v) is 3.12. The first kappa shape index (κ1) is 12.9. The summed E-state index contributed by atoms with van der Waals surface area (Å²) in [7, 11) is 3.43. The van der Waals surface area contributed by atoms with E-state index in [1.54, 1.807) is 11.8 Å². The number of nitrogens with two attached hydrogens (primary N) is 1. The Hall–Kier alpha value is -1.59. The third-order valence-electron chi connectivity index (χ3n) is 2.71. The van der Waals surface area contributed by atoms with Crippen LogP contribution in [0.5, 0.6) is 5.75 Å². The predicted octanol–water partition coefficient (Wildman–Crippen LogP) is 1.91. The summed E-state index contributed by atoms with van der Waals surface area (Å²) in [5, 5.41) is 4.88. The highest BCUT2D eigenvalue weighted by Gasteiger charge is 2.15. The maximum Gasteiger partial charge on any atom is 0.164 e. The Morgan fingerprint density at radius 3 is 2.72 bits per heavy atom. The van der Waals surface area contributed by atoms with E-state index in [0.29, 0.717) is 23.2 Å². The van der Waals surface area contributed by atoms with Crippen molar-refractivity contribution >= 4 is 11.6 Å². The van der Waals surface area contributed by atoms with Crippen LogP contribution in [-0.2, 0) is 13.6 Å². The summed E-state index contributed by atoms with van der Waals surface area (Å²) in [6, 6.07) is 3.72. The second-order valence-electron chi connectivity index (χ2n) is 3.98. The van der Waals surface area contributed by atoms with E-state index in [1.807, 2.05) is 26.1 Å². The smallest absolute Gasteiger partial charge is 0.164 e. The van der Waals surface area contributed by atoms with Gasteiger partial charge in [-0.1, -0.05) is 11.6 Å². The van der Waals surface area contributed by atoms with E-state index in [-0.39, 0.29) is 0 Å². The first-order chi connectivity index (χ1) is 8.56. The lowest BCUT2D eigenvalue weighted by molar-refractivity contribution is 0.415. The molecule has 0 aliphatic heterocycles. The van der Waals surface area contributed by atoms with Gasteiger partial charge in [0.25, 0.3) is 0 Å². The van der Waals surface area contributed by atoms with Crippen molar-refractivity contribution in [1.82, 2.24) is 14.8 Å². The van der Waals surface area contributed by atoms with E-state index in [0.717, 1.165) is 16.9 Å². The number of aryl methyl sites for hydroxylation is 2. The van der Waals surface area contributed by atoms with Gasteiger partial charge < -0.3 is 10.5 Å². The van der Waals surface area contributed by atoms with Crippen LogP contribution >= 0.6 is 11.6 Å². The monoisotopic (exact) mass is 266 g/mol. The quantitative estimate of drug-likeness (QED) is 0.922. The molecule has 18 heavy (non-hydrogen) atoms. The van der Waals surface area contributed by atoms with Crippen molar-refractivity contribution in [2.24, 2.45) is 12.8 Å². The molecule has 0 amide bonds. The van der Waals surface area contributed by atoms with Crippen molar-refractivity contribution in [3.8, 4) is 17.1 Å². The minimum absolute atomic E-state index is 0.301. The van der Waals surface area contributed by atoms with Crippen LogP contribution in [0.2, 0.25) is 5.02 Å². The van der Waals surface area contributed by atoms with Gasteiger partial charge >= 0.3 is 0 Å². The molecule has 0 aliphatic rings. The highest BCUT2D eigenvalue weighted by molar-refractivity contribution is 6.31. The lowest BCUT2D eigenvalue weighted by Gasteiger charge is -2.10. The van der Waals surface area contributed by atoms with E-state index in [4.69, 9.17) is 22.1 Å². The van der Waals surface area contributed by atoms with Gasteiger partial charge in [-0.25, -0.2) is 9.67 Å². The van der Waals surface area contributed by atoms with Crippen LogP contribution in [0.25, 0.3) is 11.4 Å². The maximum atomic E-state index is 6.15. The zero-order chi connectivity index (χ0) is 13.3. The average molecular weight is 267 g/mol. The van der Waals surface area contributed by atoms with Gasteiger partial charge in [-0.15, -0.1) is 0 Å². The first-order valence-corrected chi connectivity index (χ1v) is 5.89. The summed E-state index contributed by atoms with van der Waals surface area (Å²) in [4.78, 5) is 4.37. The van der Waals surface area contributed by atoms with Gasteiger partial charge in [0, 0.05) is 12.1 Å². The molecular formula is C12H15ClN4O. The van der Waals surface area contributed by atoms with Crippen LogP contribution in [-0.4, -0.2) is 21.9 Å². The van der Waals surface area contributed by atoms with E-state index in [9.17, 15) is 0 Å². The van der Waals surface area contributed by atoms with E-state index < -0.39 is 0 Å². The van der Waals surface area contributed by atoms with Gasteiger partial charge in [0.15, 0.2) is 11.6 Å². The van der Waals surface area contributed by atoms with Crippen LogP contribution in [0, 0.1) is 6.92 Å². The minimum Gasteiger partial charge on any atom is -0.496 e. The summed E-state index contributed by atoms with van der Waals surface area (Å²) in [6.07, 6.45) is 0. The number of rotatable bonds is 3. The Morgan fingerprint density at radius 2 is 2.17 bits per heavy atom. The van der Waals surface area contributed by atoms with Gasteiger partial charge in [-0.2, -0.15) is 5.10 Å². The van der Waals surface area contributed by atoms with Crippen molar-refractivity contribution in [3.63, 3.8) is 0 Å². The van der Waals surface area contributed by atoms with Crippen LogP contribution in [0.1, 0.15) is 11.4 Å². The van der Waals surface area contributed by atoms with E-state index in [1.165, 1.54) is 0 Å². The largest absolute Gasteiger partial charge is 0.496 e. The number of aromatic nitrogens is 3. The predicted molar refractivity (Wildman–Crippen MR) is 70.6 cm³/mol. The molecule has 0 aliphatic carbocycles. The normalized spacial score (nSPS) is 10.7. The Balaban J connectivity index is 2.61. The van der Waals surface area contributed by atoms with E-state index in [2.05, 4.69) is 10.1 Å². The average Bonchev–Trinajstić information content (AvgIpc) is 2.73. The molecule has 0 atom stereocenters. The zero-order valence-corrected chi connectivity index (χ0v) is 11.3. The van der Waals surface area contributed by atoms with Crippen LogP contribution in [0.15, 0.2) is 12.1 Å². The van der Waals surface area contributed by atoms with Crippen molar-refractivity contribution in [2.45, 2.75) is 13.5 Å². The number of benzene rings is 1. The molecule has 6 heteroatoms. The van der Waals surface area contributed by atoms with E-state index >= 15 is 0 Å². The number of hydrogen-bond acceptors (Lipinski definition) is 4. The molecule has 1 aromatic heterocycles. The zero-order valence-electron chi connectivity index (χ0n) is 10.6. The molecule has 2 N–H and O–H groups in total. The third kappa shape index (κ3) is 2.19. The fourth-order valence-corrected chi connectivity index (χ4v) is 1.92. The van der Waals surface area contributed by atoms with Crippen LogP contribution in [0.4, 0.5) is 0 Å². The Labute approximate surface area is 111 Å². The van der Waals surface area contributed by atoms with Crippen molar-refractivity contribution in [2.75, 3.05) is 7.11 Å². The lowest BCUT2D eigenvalue weighted by atomic mass is 10.1. The molecule has 2 rings (SSSR count). The van der Waals surface area contributed by atoms with Crippen molar-refractivity contribution in [1.29, 1.82) is 0 Å². The maximum absolute atomic E-state index is 6.15. The number of nitrogens with zero attached hydrogens (tertiary/aromatic N) is 3. The number of halogens is 1. The Morgan fingerprint density at radius 1 is 1.44 bits per heavy atom. The molecular weight excluding hydrogens is 252 g/mol. The summed E-state index contributed by atoms with van der Waals surface area (Å²) in [5.74, 6) is 2.00. The summed E-state index contributed by atoms with van der Waals surface area (Å²) >= 11 is 6.15. The van der Waals surface area contributed by atoms with Gasteiger partial charge in [-0.3, -0.25) is 0 Å². The standard InChI is InChI=1S/C12H15ClN4O/c1-7-4-10(18-3)8(5-9(7)13)12-15-11(6-14)16-17(12)2/h4-5H,6,14H2,1-3H3. The molecule has 0 radical (unpaired) electrons. The highest BCUT2D eigenvalue weighted by atomic mass is 35.5.